The van der Waals surface area contributed by atoms with Crippen LogP contribution in [0.4, 0.5) is 5.95 Å². The first-order valence-corrected chi connectivity index (χ1v) is 5.88. The molecule has 0 amide bonds. The molecule has 3 rings (SSSR count). The lowest BCUT2D eigenvalue weighted by atomic mass is 10.3. The standard InChI is InChI=1S/C12H10ClN5/c13-10-11-16-12(17-18(11)8-7-14-10)15-9-5-3-1-2-4-6-9/h1,3-8H,2H2,(H,15,17). The molecule has 2 aromatic heterocycles. The molecule has 0 atom stereocenters. The summed E-state index contributed by atoms with van der Waals surface area (Å²) in [4.78, 5) is 8.24. The van der Waals surface area contributed by atoms with Crippen molar-refractivity contribution in [3.05, 3.63) is 53.6 Å². The minimum absolute atomic E-state index is 0.336. The van der Waals surface area contributed by atoms with Crippen LogP contribution < -0.4 is 5.32 Å². The summed E-state index contributed by atoms with van der Waals surface area (Å²) in [6.45, 7) is 0. The van der Waals surface area contributed by atoms with Crippen LogP contribution in [0.25, 0.3) is 5.65 Å². The molecule has 1 aliphatic rings. The van der Waals surface area contributed by atoms with Gasteiger partial charge >= 0.3 is 0 Å². The van der Waals surface area contributed by atoms with Crippen LogP contribution in [0.15, 0.2) is 48.5 Å². The highest BCUT2D eigenvalue weighted by Gasteiger charge is 2.07. The molecule has 90 valence electrons. The number of nitrogens with zero attached hydrogens (tertiary/aromatic N) is 4. The lowest BCUT2D eigenvalue weighted by Gasteiger charge is -1.99. The van der Waals surface area contributed by atoms with Gasteiger partial charge in [-0.3, -0.25) is 0 Å². The van der Waals surface area contributed by atoms with Gasteiger partial charge in [0.1, 0.15) is 0 Å². The van der Waals surface area contributed by atoms with Crippen LogP contribution in [0.1, 0.15) is 6.42 Å². The van der Waals surface area contributed by atoms with Gasteiger partial charge in [0.25, 0.3) is 0 Å². The van der Waals surface area contributed by atoms with Crippen LogP contribution in [-0.4, -0.2) is 19.6 Å². The molecule has 0 aromatic carbocycles. The monoisotopic (exact) mass is 259 g/mol. The van der Waals surface area contributed by atoms with Crippen molar-refractivity contribution in [1.82, 2.24) is 19.6 Å². The minimum Gasteiger partial charge on any atom is -0.323 e. The quantitative estimate of drug-likeness (QED) is 0.901. The second-order valence-electron chi connectivity index (χ2n) is 3.73. The van der Waals surface area contributed by atoms with Crippen molar-refractivity contribution in [2.45, 2.75) is 6.42 Å². The molecule has 0 spiro atoms. The van der Waals surface area contributed by atoms with Gasteiger partial charge in [0.15, 0.2) is 10.8 Å². The SMILES string of the molecule is Clc1nccn2nc(NC3=CC=CCC=C3)nc12. The predicted octanol–water partition coefficient (Wildman–Crippen LogP) is 2.59. The molecule has 6 heteroatoms. The first-order valence-electron chi connectivity index (χ1n) is 5.50. The van der Waals surface area contributed by atoms with E-state index < -0.39 is 0 Å². The van der Waals surface area contributed by atoms with Gasteiger partial charge < -0.3 is 5.32 Å². The van der Waals surface area contributed by atoms with E-state index in [0.717, 1.165) is 12.1 Å². The Labute approximate surface area is 109 Å². The maximum Gasteiger partial charge on any atom is 0.247 e. The van der Waals surface area contributed by atoms with Crippen LogP contribution >= 0.6 is 11.6 Å². The molecular weight excluding hydrogens is 250 g/mol. The molecule has 2 heterocycles. The molecule has 1 N–H and O–H groups in total. The van der Waals surface area contributed by atoms with Gasteiger partial charge in [0, 0.05) is 18.1 Å². The molecule has 0 bridgehead atoms. The Bertz CT molecular complexity index is 668. The number of rotatable bonds is 2. The minimum atomic E-state index is 0.336. The summed E-state index contributed by atoms with van der Waals surface area (Å²) in [5.74, 6) is 0.496. The third-order valence-corrected chi connectivity index (χ3v) is 2.72. The van der Waals surface area contributed by atoms with Gasteiger partial charge in [-0.25, -0.2) is 9.50 Å². The van der Waals surface area contributed by atoms with Crippen molar-refractivity contribution < 1.29 is 0 Å². The third-order valence-electron chi connectivity index (χ3n) is 2.45. The number of nitrogens with one attached hydrogen (secondary N) is 1. The van der Waals surface area contributed by atoms with Crippen molar-refractivity contribution in [2.75, 3.05) is 5.32 Å². The fourth-order valence-electron chi connectivity index (χ4n) is 1.63. The van der Waals surface area contributed by atoms with Crippen LogP contribution in [-0.2, 0) is 0 Å². The highest BCUT2D eigenvalue weighted by atomic mass is 35.5. The summed E-state index contributed by atoms with van der Waals surface area (Å²) >= 11 is 5.94. The molecule has 0 saturated heterocycles. The Hall–Kier alpha value is -2.14. The lowest BCUT2D eigenvalue weighted by Crippen LogP contribution is -1.98. The molecule has 2 aromatic rings. The summed E-state index contributed by atoms with van der Waals surface area (Å²) < 4.78 is 1.59. The van der Waals surface area contributed by atoms with E-state index in [1.54, 1.807) is 16.9 Å². The zero-order chi connectivity index (χ0) is 12.4. The second kappa shape index (κ2) is 4.62. The van der Waals surface area contributed by atoms with E-state index in [-0.39, 0.29) is 0 Å². The van der Waals surface area contributed by atoms with Crippen molar-refractivity contribution >= 4 is 23.2 Å². The average Bonchev–Trinajstić information content (AvgIpc) is 2.60. The lowest BCUT2D eigenvalue weighted by molar-refractivity contribution is 0.948. The van der Waals surface area contributed by atoms with Crippen LogP contribution in [0.5, 0.6) is 0 Å². The topological polar surface area (TPSA) is 55.1 Å². The Morgan fingerprint density at radius 3 is 3.17 bits per heavy atom. The number of hydrogen-bond acceptors (Lipinski definition) is 4. The molecule has 0 saturated carbocycles. The van der Waals surface area contributed by atoms with E-state index in [9.17, 15) is 0 Å². The van der Waals surface area contributed by atoms with Crippen LogP contribution in [0.2, 0.25) is 5.15 Å². The summed E-state index contributed by atoms with van der Waals surface area (Å²) in [7, 11) is 0. The fourth-order valence-corrected chi connectivity index (χ4v) is 1.82. The molecule has 0 unspecified atom stereocenters. The smallest absolute Gasteiger partial charge is 0.247 e. The van der Waals surface area contributed by atoms with Gasteiger partial charge in [-0.15, -0.1) is 5.10 Å². The number of allylic oxidation sites excluding steroid dienone is 5. The number of fused-ring (bicyclic) bond motifs is 1. The Kier molecular flexibility index (Phi) is 2.82. The first kappa shape index (κ1) is 11.0. The van der Waals surface area contributed by atoms with E-state index in [2.05, 4.69) is 32.5 Å². The van der Waals surface area contributed by atoms with Gasteiger partial charge in [-0.2, -0.15) is 4.98 Å². The molecule has 0 fully saturated rings. The Balaban J connectivity index is 1.93. The van der Waals surface area contributed by atoms with Gasteiger partial charge in [0.2, 0.25) is 5.95 Å². The highest BCUT2D eigenvalue weighted by Crippen LogP contribution is 2.15. The van der Waals surface area contributed by atoms with Crippen molar-refractivity contribution in [1.29, 1.82) is 0 Å². The number of halogens is 1. The molecule has 0 radical (unpaired) electrons. The summed E-state index contributed by atoms with van der Waals surface area (Å²) in [5.41, 5.74) is 1.47. The summed E-state index contributed by atoms with van der Waals surface area (Å²) in [6, 6.07) is 0. The fraction of sp³-hybridized carbons (Fsp3) is 0.0833. The van der Waals surface area contributed by atoms with Crippen molar-refractivity contribution in [3.8, 4) is 0 Å². The first-order chi connectivity index (χ1) is 8.83. The van der Waals surface area contributed by atoms with E-state index in [1.807, 2.05) is 18.2 Å². The predicted molar refractivity (Wildman–Crippen MR) is 70.4 cm³/mol. The maximum absolute atomic E-state index is 5.94. The number of anilines is 1. The molecule has 18 heavy (non-hydrogen) atoms. The second-order valence-corrected chi connectivity index (χ2v) is 4.09. The molecule has 0 aliphatic heterocycles. The molecule has 5 nitrogen and oxygen atoms in total. The van der Waals surface area contributed by atoms with Crippen molar-refractivity contribution in [2.24, 2.45) is 0 Å². The molecular formula is C12H10ClN5. The Morgan fingerprint density at radius 1 is 1.33 bits per heavy atom. The van der Waals surface area contributed by atoms with Gasteiger partial charge in [-0.05, 0) is 18.6 Å². The van der Waals surface area contributed by atoms with Crippen LogP contribution in [0, 0.1) is 0 Å². The largest absolute Gasteiger partial charge is 0.323 e. The molecule has 1 aliphatic carbocycles. The summed E-state index contributed by atoms with van der Waals surface area (Å²) in [6.07, 6.45) is 14.3. The van der Waals surface area contributed by atoms with Gasteiger partial charge in [0.05, 0.1) is 0 Å². The van der Waals surface area contributed by atoms with Crippen LogP contribution in [0.3, 0.4) is 0 Å². The normalized spacial score (nSPS) is 14.6. The van der Waals surface area contributed by atoms with E-state index >= 15 is 0 Å². The zero-order valence-corrected chi connectivity index (χ0v) is 10.2. The van der Waals surface area contributed by atoms with Crippen molar-refractivity contribution in [3.63, 3.8) is 0 Å². The number of aromatic nitrogens is 4. The third kappa shape index (κ3) is 2.12. The summed E-state index contributed by atoms with van der Waals surface area (Å²) in [5, 5.41) is 7.74. The van der Waals surface area contributed by atoms with E-state index in [1.165, 1.54) is 0 Å². The van der Waals surface area contributed by atoms with Gasteiger partial charge in [-0.1, -0.05) is 29.8 Å². The average molecular weight is 260 g/mol. The van der Waals surface area contributed by atoms with E-state index in [4.69, 9.17) is 11.6 Å². The zero-order valence-electron chi connectivity index (χ0n) is 9.42. The maximum atomic E-state index is 5.94. The van der Waals surface area contributed by atoms with E-state index in [0.29, 0.717) is 16.7 Å². The highest BCUT2D eigenvalue weighted by molar-refractivity contribution is 6.32. The Morgan fingerprint density at radius 2 is 2.28 bits per heavy atom. The number of hydrogen-bond donors (Lipinski definition) is 1.